The molecule has 1 amide bonds. The van der Waals surface area contributed by atoms with Gasteiger partial charge in [-0.25, -0.2) is 4.98 Å². The second-order valence-corrected chi connectivity index (χ2v) is 3.99. The van der Waals surface area contributed by atoms with Crippen molar-refractivity contribution in [2.24, 2.45) is 5.73 Å². The van der Waals surface area contributed by atoms with Crippen molar-refractivity contribution in [2.75, 3.05) is 0 Å². The average Bonchev–Trinajstić information content (AvgIpc) is 2.64. The number of benzene rings is 1. The number of carbonyl (C=O) groups excluding carboxylic acids is 1. The molecule has 0 radical (unpaired) electrons. The van der Waals surface area contributed by atoms with E-state index in [1.807, 2.05) is 0 Å². The first-order chi connectivity index (χ1) is 8.15. The van der Waals surface area contributed by atoms with Crippen LogP contribution in [-0.2, 0) is 0 Å². The predicted molar refractivity (Wildman–Crippen MR) is 64.9 cm³/mol. The quantitative estimate of drug-likeness (QED) is 0.643. The molecule has 1 aromatic carbocycles. The Balaban J connectivity index is 2.41. The van der Waals surface area contributed by atoms with Gasteiger partial charge in [0.1, 0.15) is 5.65 Å². The Morgan fingerprint density at radius 2 is 2.18 bits per heavy atom. The molecule has 0 fully saturated rings. The molecule has 0 bridgehead atoms. The van der Waals surface area contributed by atoms with Crippen molar-refractivity contribution in [3.63, 3.8) is 0 Å². The summed E-state index contributed by atoms with van der Waals surface area (Å²) in [5, 5.41) is 1.85. The number of carbonyl (C=O) groups is 1. The van der Waals surface area contributed by atoms with Gasteiger partial charge < -0.3 is 10.7 Å². The van der Waals surface area contributed by atoms with Crippen LogP contribution < -0.4 is 5.73 Å². The smallest absolute Gasteiger partial charge is 0.248 e. The highest BCUT2D eigenvalue weighted by molar-refractivity contribution is 6.28. The van der Waals surface area contributed by atoms with Gasteiger partial charge in [0.25, 0.3) is 0 Å². The molecule has 0 aliphatic carbocycles. The molecule has 0 saturated carbocycles. The van der Waals surface area contributed by atoms with Gasteiger partial charge in [-0.3, -0.25) is 4.79 Å². The Kier molecular flexibility index (Phi) is 2.02. The Labute approximate surface area is 101 Å². The van der Waals surface area contributed by atoms with E-state index in [-0.39, 0.29) is 5.28 Å². The number of hydrogen-bond donors (Lipinski definition) is 2. The van der Waals surface area contributed by atoms with Crippen LogP contribution in [0.15, 0.2) is 24.4 Å². The van der Waals surface area contributed by atoms with E-state index in [1.165, 1.54) is 0 Å². The van der Waals surface area contributed by atoms with E-state index in [2.05, 4.69) is 15.0 Å². The number of aromatic amines is 1. The van der Waals surface area contributed by atoms with Gasteiger partial charge in [-0.2, -0.15) is 4.98 Å². The van der Waals surface area contributed by atoms with Crippen LogP contribution in [0.1, 0.15) is 10.4 Å². The summed E-state index contributed by atoms with van der Waals surface area (Å²) >= 11 is 5.71. The van der Waals surface area contributed by atoms with Crippen molar-refractivity contribution in [2.45, 2.75) is 0 Å². The maximum atomic E-state index is 11.1. The van der Waals surface area contributed by atoms with Crippen molar-refractivity contribution in [3.8, 4) is 0 Å². The summed E-state index contributed by atoms with van der Waals surface area (Å²) in [5.74, 6) is -0.462. The van der Waals surface area contributed by atoms with Gasteiger partial charge in [0, 0.05) is 28.0 Å². The maximum Gasteiger partial charge on any atom is 0.248 e. The number of amides is 1. The van der Waals surface area contributed by atoms with Gasteiger partial charge in [0.2, 0.25) is 11.2 Å². The van der Waals surface area contributed by atoms with Gasteiger partial charge in [0.05, 0.1) is 0 Å². The predicted octanol–water partition coefficient (Wildman–Crippen LogP) is 1.86. The van der Waals surface area contributed by atoms with Gasteiger partial charge in [-0.05, 0) is 29.8 Å². The van der Waals surface area contributed by atoms with Crippen LogP contribution in [0.3, 0.4) is 0 Å². The summed E-state index contributed by atoms with van der Waals surface area (Å²) in [5.41, 5.74) is 7.20. The van der Waals surface area contributed by atoms with Crippen LogP contribution in [0.25, 0.3) is 21.9 Å². The molecule has 84 valence electrons. The standard InChI is InChI=1S/C11H7ClN4O/c12-11-14-4-7-6-3-5(9(13)17)1-2-8(6)15-10(7)16-11/h1-4H,(H2,13,17)(H,14,15,16). The summed E-state index contributed by atoms with van der Waals surface area (Å²) in [6.45, 7) is 0. The molecule has 0 atom stereocenters. The van der Waals surface area contributed by atoms with Crippen LogP contribution in [0, 0.1) is 0 Å². The molecule has 5 nitrogen and oxygen atoms in total. The van der Waals surface area contributed by atoms with E-state index < -0.39 is 5.91 Å². The van der Waals surface area contributed by atoms with Crippen LogP contribution in [-0.4, -0.2) is 20.9 Å². The Bertz CT molecular complexity index is 750. The average molecular weight is 247 g/mol. The second kappa shape index (κ2) is 3.43. The van der Waals surface area contributed by atoms with Gasteiger partial charge in [-0.15, -0.1) is 0 Å². The number of nitrogens with two attached hydrogens (primary N) is 1. The number of halogens is 1. The van der Waals surface area contributed by atoms with Crippen molar-refractivity contribution >= 4 is 39.4 Å². The minimum absolute atomic E-state index is 0.180. The summed E-state index contributed by atoms with van der Waals surface area (Å²) in [4.78, 5) is 22.2. The van der Waals surface area contributed by atoms with E-state index in [1.54, 1.807) is 24.4 Å². The number of nitrogens with zero attached hydrogens (tertiary/aromatic N) is 2. The third-order valence-electron chi connectivity index (χ3n) is 2.61. The topological polar surface area (TPSA) is 84.7 Å². The highest BCUT2D eigenvalue weighted by Crippen LogP contribution is 2.25. The van der Waals surface area contributed by atoms with E-state index in [4.69, 9.17) is 17.3 Å². The van der Waals surface area contributed by atoms with E-state index in [9.17, 15) is 4.79 Å². The minimum Gasteiger partial charge on any atom is -0.366 e. The second-order valence-electron chi connectivity index (χ2n) is 3.65. The molecule has 0 aliphatic rings. The summed E-state index contributed by atoms with van der Waals surface area (Å²) < 4.78 is 0. The first-order valence-corrected chi connectivity index (χ1v) is 5.27. The molecule has 0 spiro atoms. The highest BCUT2D eigenvalue weighted by atomic mass is 35.5. The number of aromatic nitrogens is 3. The zero-order valence-corrected chi connectivity index (χ0v) is 9.32. The molecule has 0 aliphatic heterocycles. The highest BCUT2D eigenvalue weighted by Gasteiger charge is 2.09. The zero-order valence-electron chi connectivity index (χ0n) is 8.57. The molecule has 2 aromatic heterocycles. The summed E-state index contributed by atoms with van der Waals surface area (Å²) in [6, 6.07) is 5.16. The number of primary amides is 1. The fourth-order valence-electron chi connectivity index (χ4n) is 1.81. The summed E-state index contributed by atoms with van der Waals surface area (Å²) in [6.07, 6.45) is 1.62. The Morgan fingerprint density at radius 3 is 2.94 bits per heavy atom. The first kappa shape index (κ1) is 10.0. The zero-order chi connectivity index (χ0) is 12.0. The maximum absolute atomic E-state index is 11.1. The lowest BCUT2D eigenvalue weighted by molar-refractivity contribution is 0.100. The SMILES string of the molecule is NC(=O)c1ccc2[nH]c3nc(Cl)ncc3c2c1. The molecule has 2 heterocycles. The number of rotatable bonds is 1. The van der Waals surface area contributed by atoms with E-state index >= 15 is 0 Å². The molecule has 3 rings (SSSR count). The van der Waals surface area contributed by atoms with Crippen LogP contribution in [0.4, 0.5) is 0 Å². The van der Waals surface area contributed by atoms with Crippen LogP contribution in [0.2, 0.25) is 5.28 Å². The lowest BCUT2D eigenvalue weighted by Crippen LogP contribution is -2.10. The summed E-state index contributed by atoms with van der Waals surface area (Å²) in [7, 11) is 0. The first-order valence-electron chi connectivity index (χ1n) is 4.89. The van der Waals surface area contributed by atoms with Crippen molar-refractivity contribution < 1.29 is 4.79 Å². The van der Waals surface area contributed by atoms with Gasteiger partial charge >= 0.3 is 0 Å². The molecule has 0 unspecified atom stereocenters. The largest absolute Gasteiger partial charge is 0.366 e. The minimum atomic E-state index is -0.462. The number of H-pyrrole nitrogens is 1. The Hall–Kier alpha value is -2.14. The lowest BCUT2D eigenvalue weighted by Gasteiger charge is -1.95. The lowest BCUT2D eigenvalue weighted by atomic mass is 10.1. The normalized spacial score (nSPS) is 11.1. The number of nitrogens with one attached hydrogen (secondary N) is 1. The molecular formula is C11H7ClN4O. The number of fused-ring (bicyclic) bond motifs is 3. The Morgan fingerprint density at radius 1 is 1.35 bits per heavy atom. The molecular weight excluding hydrogens is 240 g/mol. The van der Waals surface area contributed by atoms with Crippen molar-refractivity contribution in [3.05, 3.63) is 35.2 Å². The molecule has 3 aromatic rings. The molecule has 6 heteroatoms. The third kappa shape index (κ3) is 1.52. The van der Waals surface area contributed by atoms with Gasteiger partial charge in [0.15, 0.2) is 0 Å². The van der Waals surface area contributed by atoms with Crippen LogP contribution >= 0.6 is 11.6 Å². The third-order valence-corrected chi connectivity index (χ3v) is 2.79. The van der Waals surface area contributed by atoms with Crippen LogP contribution in [0.5, 0.6) is 0 Å². The van der Waals surface area contributed by atoms with Crippen molar-refractivity contribution in [1.29, 1.82) is 0 Å². The number of hydrogen-bond acceptors (Lipinski definition) is 3. The monoisotopic (exact) mass is 246 g/mol. The van der Waals surface area contributed by atoms with E-state index in [0.717, 1.165) is 16.3 Å². The molecule has 3 N–H and O–H groups in total. The molecule has 17 heavy (non-hydrogen) atoms. The molecule has 0 saturated heterocycles. The van der Waals surface area contributed by atoms with E-state index in [0.29, 0.717) is 11.2 Å². The van der Waals surface area contributed by atoms with Gasteiger partial charge in [-0.1, -0.05) is 0 Å². The fraction of sp³-hybridized carbons (Fsp3) is 0. The van der Waals surface area contributed by atoms with Crippen molar-refractivity contribution in [1.82, 2.24) is 15.0 Å². The fourth-order valence-corrected chi connectivity index (χ4v) is 1.94.